The predicted molar refractivity (Wildman–Crippen MR) is 99.8 cm³/mol. The first kappa shape index (κ1) is 17.2. The summed E-state index contributed by atoms with van der Waals surface area (Å²) in [7, 11) is 0. The van der Waals surface area contributed by atoms with Crippen molar-refractivity contribution in [3.05, 3.63) is 52.3 Å². The Hall–Kier alpha value is -2.18. The normalized spacial score (nSPS) is 19.7. The lowest BCUT2D eigenvalue weighted by Gasteiger charge is -2.29. The summed E-state index contributed by atoms with van der Waals surface area (Å²) >= 11 is 5.88. The molecule has 1 unspecified atom stereocenters. The maximum atomic E-state index is 12.4. The van der Waals surface area contributed by atoms with Gasteiger partial charge in [0.25, 0.3) is 5.91 Å². The molecule has 1 fully saturated rings. The fraction of sp³-hybridized carbons (Fsp3) is 0.421. The van der Waals surface area contributed by atoms with Crippen LogP contribution in [0.15, 0.2) is 30.5 Å². The van der Waals surface area contributed by atoms with Crippen molar-refractivity contribution in [1.82, 2.24) is 15.3 Å². The van der Waals surface area contributed by atoms with E-state index in [1.165, 1.54) is 0 Å². The lowest BCUT2D eigenvalue weighted by molar-refractivity contribution is 0.0933. The Morgan fingerprint density at radius 3 is 2.77 bits per heavy atom. The smallest absolute Gasteiger partial charge is 0.251 e. The average molecular weight is 373 g/mol. The Morgan fingerprint density at radius 1 is 1.23 bits per heavy atom. The number of carbonyl (C=O) groups is 1. The van der Waals surface area contributed by atoms with Crippen molar-refractivity contribution < 1.29 is 9.53 Å². The van der Waals surface area contributed by atoms with Gasteiger partial charge in [0.2, 0.25) is 5.95 Å². The molecule has 1 aliphatic carbocycles. The molecule has 4 rings (SSSR count). The molecule has 0 radical (unpaired) electrons. The maximum Gasteiger partial charge on any atom is 0.251 e. The summed E-state index contributed by atoms with van der Waals surface area (Å²) in [4.78, 5) is 23.8. The summed E-state index contributed by atoms with van der Waals surface area (Å²) in [5.41, 5.74) is 2.84. The summed E-state index contributed by atoms with van der Waals surface area (Å²) in [5.74, 6) is 0.719. The summed E-state index contributed by atoms with van der Waals surface area (Å²) < 4.78 is 5.38. The number of ether oxygens (including phenoxy) is 1. The number of hydrogen-bond donors (Lipinski definition) is 1. The zero-order valence-electron chi connectivity index (χ0n) is 14.4. The maximum absolute atomic E-state index is 12.4. The SMILES string of the molecule is O=C(NC1CCc2nc(N3CCOCC3)ncc2C1)c1ccc(Cl)cc1. The van der Waals surface area contributed by atoms with E-state index in [0.29, 0.717) is 10.6 Å². The lowest BCUT2D eigenvalue weighted by Crippen LogP contribution is -2.40. The number of carbonyl (C=O) groups excluding carboxylic acids is 1. The fourth-order valence-electron chi connectivity index (χ4n) is 3.41. The van der Waals surface area contributed by atoms with Gasteiger partial charge in [0, 0.05) is 41.6 Å². The summed E-state index contributed by atoms with van der Waals surface area (Å²) in [5, 5.41) is 3.74. The molecule has 136 valence electrons. The third-order valence-corrected chi connectivity index (χ3v) is 5.12. The molecule has 1 aromatic carbocycles. The van der Waals surface area contributed by atoms with Crippen LogP contribution in [0.3, 0.4) is 0 Å². The van der Waals surface area contributed by atoms with Gasteiger partial charge in [0.05, 0.1) is 13.2 Å². The zero-order valence-corrected chi connectivity index (χ0v) is 15.2. The third kappa shape index (κ3) is 3.81. The number of nitrogens with one attached hydrogen (secondary N) is 1. The van der Waals surface area contributed by atoms with Crippen LogP contribution in [0.1, 0.15) is 28.0 Å². The topological polar surface area (TPSA) is 67.4 Å². The minimum Gasteiger partial charge on any atom is -0.378 e. The predicted octanol–water partition coefficient (Wildman–Crippen LogP) is 2.25. The van der Waals surface area contributed by atoms with E-state index in [-0.39, 0.29) is 11.9 Å². The number of fused-ring (bicyclic) bond motifs is 1. The van der Waals surface area contributed by atoms with Crippen molar-refractivity contribution in [2.24, 2.45) is 0 Å². The standard InChI is InChI=1S/C19H21ClN4O2/c20-15-3-1-13(2-4-15)18(25)22-16-5-6-17-14(11-16)12-21-19(23-17)24-7-9-26-10-8-24/h1-4,12,16H,5-11H2,(H,22,25). The van der Waals surface area contributed by atoms with Crippen LogP contribution in [0, 0.1) is 0 Å². The van der Waals surface area contributed by atoms with E-state index in [9.17, 15) is 4.79 Å². The Bertz CT molecular complexity index is 791. The average Bonchev–Trinajstić information content (AvgIpc) is 2.69. The Morgan fingerprint density at radius 2 is 2.00 bits per heavy atom. The molecule has 1 N–H and O–H groups in total. The van der Waals surface area contributed by atoms with Crippen LogP contribution in [0.5, 0.6) is 0 Å². The van der Waals surface area contributed by atoms with E-state index in [4.69, 9.17) is 21.3 Å². The monoisotopic (exact) mass is 372 g/mol. The van der Waals surface area contributed by atoms with Gasteiger partial charge in [0.15, 0.2) is 0 Å². The fourth-order valence-corrected chi connectivity index (χ4v) is 3.53. The van der Waals surface area contributed by atoms with Gasteiger partial charge in [-0.2, -0.15) is 0 Å². The zero-order chi connectivity index (χ0) is 17.9. The molecular weight excluding hydrogens is 352 g/mol. The summed E-state index contributed by atoms with van der Waals surface area (Å²) in [6, 6.07) is 7.04. The van der Waals surface area contributed by atoms with Crippen molar-refractivity contribution >= 4 is 23.5 Å². The first-order chi connectivity index (χ1) is 12.7. The van der Waals surface area contributed by atoms with Crippen LogP contribution >= 0.6 is 11.6 Å². The number of halogens is 1. The number of rotatable bonds is 3. The van der Waals surface area contributed by atoms with Crippen molar-refractivity contribution in [1.29, 1.82) is 0 Å². The minimum atomic E-state index is -0.0685. The first-order valence-corrected chi connectivity index (χ1v) is 9.31. The summed E-state index contributed by atoms with van der Waals surface area (Å²) in [6.45, 7) is 3.11. The van der Waals surface area contributed by atoms with Gasteiger partial charge in [-0.3, -0.25) is 4.79 Å². The van der Waals surface area contributed by atoms with Crippen molar-refractivity contribution in [3.63, 3.8) is 0 Å². The molecule has 0 bridgehead atoms. The van der Waals surface area contributed by atoms with Gasteiger partial charge < -0.3 is 15.0 Å². The molecule has 7 heteroatoms. The largest absolute Gasteiger partial charge is 0.378 e. The van der Waals surface area contributed by atoms with Crippen molar-refractivity contribution in [2.75, 3.05) is 31.2 Å². The van der Waals surface area contributed by atoms with Gasteiger partial charge >= 0.3 is 0 Å². The first-order valence-electron chi connectivity index (χ1n) is 8.93. The number of aromatic nitrogens is 2. The van der Waals surface area contributed by atoms with Gasteiger partial charge in [-0.15, -0.1) is 0 Å². The molecule has 2 aromatic rings. The second-order valence-electron chi connectivity index (χ2n) is 6.66. The number of anilines is 1. The van der Waals surface area contributed by atoms with Gasteiger partial charge in [-0.05, 0) is 49.1 Å². The van der Waals surface area contributed by atoms with Crippen LogP contribution in [0.25, 0.3) is 0 Å². The van der Waals surface area contributed by atoms with Crippen molar-refractivity contribution in [3.8, 4) is 0 Å². The Balaban J connectivity index is 1.41. The summed E-state index contributed by atoms with van der Waals surface area (Å²) in [6.07, 6.45) is 4.40. The molecule has 1 aliphatic heterocycles. The highest BCUT2D eigenvalue weighted by Crippen LogP contribution is 2.22. The molecule has 0 saturated carbocycles. The van der Waals surface area contributed by atoms with Crippen LogP contribution in [0.2, 0.25) is 5.02 Å². The van der Waals surface area contributed by atoms with E-state index >= 15 is 0 Å². The van der Waals surface area contributed by atoms with Crippen molar-refractivity contribution in [2.45, 2.75) is 25.3 Å². The van der Waals surface area contributed by atoms with Crippen LogP contribution < -0.4 is 10.2 Å². The highest BCUT2D eigenvalue weighted by Gasteiger charge is 2.24. The van der Waals surface area contributed by atoms with Crippen LogP contribution in [-0.2, 0) is 17.6 Å². The highest BCUT2D eigenvalue weighted by atomic mass is 35.5. The molecule has 1 atom stereocenters. The number of morpholine rings is 1. The molecular formula is C19H21ClN4O2. The number of benzene rings is 1. The van der Waals surface area contributed by atoms with Gasteiger partial charge in [-0.25, -0.2) is 9.97 Å². The highest BCUT2D eigenvalue weighted by molar-refractivity contribution is 6.30. The minimum absolute atomic E-state index is 0.0685. The van der Waals surface area contributed by atoms with E-state index in [2.05, 4.69) is 15.2 Å². The lowest BCUT2D eigenvalue weighted by atomic mass is 9.92. The second kappa shape index (κ2) is 7.60. The van der Waals surface area contributed by atoms with Crippen LogP contribution in [-0.4, -0.2) is 48.2 Å². The molecule has 2 aliphatic rings. The van der Waals surface area contributed by atoms with E-state index in [0.717, 1.165) is 62.8 Å². The van der Waals surface area contributed by atoms with E-state index in [1.54, 1.807) is 24.3 Å². The Labute approximate surface area is 157 Å². The van der Waals surface area contributed by atoms with Gasteiger partial charge in [0.1, 0.15) is 0 Å². The molecule has 6 nitrogen and oxygen atoms in total. The number of amides is 1. The number of nitrogens with zero attached hydrogens (tertiary/aromatic N) is 3. The van der Waals surface area contributed by atoms with Gasteiger partial charge in [-0.1, -0.05) is 11.6 Å². The molecule has 1 saturated heterocycles. The number of aryl methyl sites for hydroxylation is 1. The quantitative estimate of drug-likeness (QED) is 0.895. The molecule has 2 heterocycles. The van der Waals surface area contributed by atoms with E-state index in [1.807, 2.05) is 6.20 Å². The molecule has 26 heavy (non-hydrogen) atoms. The second-order valence-corrected chi connectivity index (χ2v) is 7.10. The molecule has 0 spiro atoms. The van der Waals surface area contributed by atoms with Crippen LogP contribution in [0.4, 0.5) is 5.95 Å². The third-order valence-electron chi connectivity index (χ3n) is 4.87. The van der Waals surface area contributed by atoms with E-state index < -0.39 is 0 Å². The number of hydrogen-bond acceptors (Lipinski definition) is 5. The molecule has 1 aromatic heterocycles. The Kier molecular flexibility index (Phi) is 5.04. The molecule has 1 amide bonds.